The lowest BCUT2D eigenvalue weighted by Crippen LogP contribution is -2.32. The molecule has 1 rings (SSSR count). The number of carbonyl (C=O) groups is 1. The van der Waals surface area contributed by atoms with Crippen LogP contribution in [-0.2, 0) is 4.79 Å². The van der Waals surface area contributed by atoms with E-state index in [4.69, 9.17) is 5.11 Å². The van der Waals surface area contributed by atoms with Gasteiger partial charge in [-0.05, 0) is 44.0 Å². The molecule has 1 atom stereocenters. The zero-order valence-electron chi connectivity index (χ0n) is 11.3. The number of hydrogen-bond donors (Lipinski definition) is 1. The summed E-state index contributed by atoms with van der Waals surface area (Å²) in [6.45, 7) is 7.50. The third kappa shape index (κ3) is 3.91. The highest BCUT2D eigenvalue weighted by Crippen LogP contribution is 2.19. The molecule has 0 aliphatic carbocycles. The largest absolute Gasteiger partial charge is 0.478 e. The first-order valence-corrected chi connectivity index (χ1v) is 6.36. The van der Waals surface area contributed by atoms with Crippen molar-refractivity contribution in [2.75, 3.05) is 11.4 Å². The van der Waals surface area contributed by atoms with Crippen LogP contribution >= 0.6 is 0 Å². The Morgan fingerprint density at radius 3 is 2.39 bits per heavy atom. The number of nitrogens with zero attached hydrogens (tertiary/aromatic N) is 1. The highest BCUT2D eigenvalue weighted by molar-refractivity contribution is 5.85. The van der Waals surface area contributed by atoms with Gasteiger partial charge in [-0.15, -0.1) is 0 Å². The lowest BCUT2D eigenvalue weighted by atomic mass is 10.1. The van der Waals surface area contributed by atoms with Gasteiger partial charge in [-0.2, -0.15) is 0 Å². The second-order valence-electron chi connectivity index (χ2n) is 4.31. The normalized spacial score (nSPS) is 12.6. The van der Waals surface area contributed by atoms with E-state index >= 15 is 0 Å². The van der Waals surface area contributed by atoms with E-state index in [1.807, 2.05) is 24.3 Å². The van der Waals surface area contributed by atoms with Crippen LogP contribution in [0.3, 0.4) is 0 Å². The number of anilines is 1. The summed E-state index contributed by atoms with van der Waals surface area (Å²) in [5.41, 5.74) is 2.08. The molecule has 0 bridgehead atoms. The molecule has 0 aliphatic heterocycles. The highest BCUT2D eigenvalue weighted by atomic mass is 16.4. The van der Waals surface area contributed by atoms with E-state index in [-0.39, 0.29) is 0 Å². The van der Waals surface area contributed by atoms with E-state index in [1.54, 1.807) is 6.08 Å². The third-order valence-electron chi connectivity index (χ3n) is 3.11. The summed E-state index contributed by atoms with van der Waals surface area (Å²) in [5, 5.41) is 8.57. The highest BCUT2D eigenvalue weighted by Gasteiger charge is 2.10. The molecular weight excluding hydrogens is 226 g/mol. The molecule has 0 spiro atoms. The molecule has 1 unspecified atom stereocenters. The van der Waals surface area contributed by atoms with E-state index < -0.39 is 5.97 Å². The molecule has 3 heteroatoms. The Balaban J connectivity index is 2.84. The second-order valence-corrected chi connectivity index (χ2v) is 4.31. The summed E-state index contributed by atoms with van der Waals surface area (Å²) in [7, 11) is 0. The van der Waals surface area contributed by atoms with Crippen LogP contribution in [-0.4, -0.2) is 23.7 Å². The average molecular weight is 247 g/mol. The van der Waals surface area contributed by atoms with Crippen LogP contribution < -0.4 is 4.90 Å². The summed E-state index contributed by atoms with van der Waals surface area (Å²) < 4.78 is 0. The van der Waals surface area contributed by atoms with Gasteiger partial charge in [-0.1, -0.05) is 19.1 Å². The molecule has 18 heavy (non-hydrogen) atoms. The van der Waals surface area contributed by atoms with E-state index in [9.17, 15) is 4.79 Å². The van der Waals surface area contributed by atoms with Gasteiger partial charge < -0.3 is 10.0 Å². The Hall–Kier alpha value is -1.77. The summed E-state index contributed by atoms with van der Waals surface area (Å²) in [6, 6.07) is 8.48. The lowest BCUT2D eigenvalue weighted by Gasteiger charge is -2.29. The maximum absolute atomic E-state index is 10.4. The molecule has 0 heterocycles. The average Bonchev–Trinajstić information content (AvgIpc) is 2.38. The first kappa shape index (κ1) is 14.3. The smallest absolute Gasteiger partial charge is 0.328 e. The Bertz CT molecular complexity index is 409. The van der Waals surface area contributed by atoms with Gasteiger partial charge >= 0.3 is 5.97 Å². The number of benzene rings is 1. The summed E-state index contributed by atoms with van der Waals surface area (Å²) in [4.78, 5) is 12.8. The fourth-order valence-electron chi connectivity index (χ4n) is 1.91. The van der Waals surface area contributed by atoms with Crippen molar-refractivity contribution in [3.8, 4) is 0 Å². The van der Waals surface area contributed by atoms with Crippen molar-refractivity contribution in [1.82, 2.24) is 0 Å². The number of carboxylic acids is 1. The standard InChI is InChI=1S/C15H21NO2/c1-4-12(3)16(5-2)14-9-6-13(7-10-14)8-11-15(17)18/h6-12H,4-5H2,1-3H3,(H,17,18)/b11-8+. The molecule has 98 valence electrons. The Kier molecular flexibility index (Phi) is 5.43. The van der Waals surface area contributed by atoms with Crippen molar-refractivity contribution < 1.29 is 9.90 Å². The van der Waals surface area contributed by atoms with Crippen LogP contribution in [0.1, 0.15) is 32.8 Å². The number of rotatable bonds is 6. The fourth-order valence-corrected chi connectivity index (χ4v) is 1.91. The minimum atomic E-state index is -0.922. The molecule has 0 aromatic heterocycles. The van der Waals surface area contributed by atoms with E-state index in [0.29, 0.717) is 6.04 Å². The van der Waals surface area contributed by atoms with Crippen molar-refractivity contribution in [3.05, 3.63) is 35.9 Å². The molecule has 1 aromatic rings. The van der Waals surface area contributed by atoms with E-state index in [2.05, 4.69) is 25.7 Å². The van der Waals surface area contributed by atoms with Crippen LogP contribution in [0.4, 0.5) is 5.69 Å². The Labute approximate surface area is 109 Å². The van der Waals surface area contributed by atoms with Crippen LogP contribution in [0.25, 0.3) is 6.08 Å². The predicted octanol–water partition coefficient (Wildman–Crippen LogP) is 3.41. The van der Waals surface area contributed by atoms with Crippen LogP contribution in [0.15, 0.2) is 30.3 Å². The summed E-state index contributed by atoms with van der Waals surface area (Å²) in [5.74, 6) is -0.922. The van der Waals surface area contributed by atoms with Crippen LogP contribution in [0.2, 0.25) is 0 Å². The predicted molar refractivity (Wildman–Crippen MR) is 75.9 cm³/mol. The van der Waals surface area contributed by atoms with Crippen molar-refractivity contribution in [2.24, 2.45) is 0 Å². The van der Waals surface area contributed by atoms with Gasteiger partial charge in [0, 0.05) is 24.4 Å². The van der Waals surface area contributed by atoms with Crippen molar-refractivity contribution in [2.45, 2.75) is 33.2 Å². The van der Waals surface area contributed by atoms with Crippen molar-refractivity contribution in [3.63, 3.8) is 0 Å². The maximum atomic E-state index is 10.4. The Morgan fingerprint density at radius 2 is 1.94 bits per heavy atom. The minimum Gasteiger partial charge on any atom is -0.478 e. The quantitative estimate of drug-likeness (QED) is 0.783. The number of aliphatic carboxylic acids is 1. The van der Waals surface area contributed by atoms with Gasteiger partial charge in [-0.3, -0.25) is 0 Å². The molecule has 0 amide bonds. The maximum Gasteiger partial charge on any atom is 0.328 e. The molecule has 0 radical (unpaired) electrons. The zero-order valence-corrected chi connectivity index (χ0v) is 11.3. The molecule has 1 N–H and O–H groups in total. The van der Waals surface area contributed by atoms with Crippen molar-refractivity contribution >= 4 is 17.7 Å². The molecule has 0 saturated heterocycles. The van der Waals surface area contributed by atoms with Gasteiger partial charge in [0.25, 0.3) is 0 Å². The summed E-state index contributed by atoms with van der Waals surface area (Å²) >= 11 is 0. The second kappa shape index (κ2) is 6.84. The van der Waals surface area contributed by atoms with Gasteiger partial charge in [-0.25, -0.2) is 4.79 Å². The van der Waals surface area contributed by atoms with Gasteiger partial charge in [0.05, 0.1) is 0 Å². The van der Waals surface area contributed by atoms with Crippen LogP contribution in [0, 0.1) is 0 Å². The molecule has 1 aromatic carbocycles. The van der Waals surface area contributed by atoms with Gasteiger partial charge in [0.2, 0.25) is 0 Å². The van der Waals surface area contributed by atoms with E-state index in [0.717, 1.165) is 24.6 Å². The molecule has 0 saturated carbocycles. The number of hydrogen-bond acceptors (Lipinski definition) is 2. The SMILES string of the molecule is CCC(C)N(CC)c1ccc(/C=C/C(=O)O)cc1. The number of carboxylic acid groups (broad SMARTS) is 1. The topological polar surface area (TPSA) is 40.5 Å². The molecule has 0 aliphatic rings. The van der Waals surface area contributed by atoms with Crippen molar-refractivity contribution in [1.29, 1.82) is 0 Å². The fraction of sp³-hybridized carbons (Fsp3) is 0.400. The zero-order chi connectivity index (χ0) is 13.5. The monoisotopic (exact) mass is 247 g/mol. The lowest BCUT2D eigenvalue weighted by molar-refractivity contribution is -0.131. The summed E-state index contributed by atoms with van der Waals surface area (Å²) in [6.07, 6.45) is 3.86. The van der Waals surface area contributed by atoms with Crippen LogP contribution in [0.5, 0.6) is 0 Å². The first-order chi connectivity index (χ1) is 8.58. The van der Waals surface area contributed by atoms with Gasteiger partial charge in [0.15, 0.2) is 0 Å². The first-order valence-electron chi connectivity index (χ1n) is 6.36. The molecule has 0 fully saturated rings. The molecule has 3 nitrogen and oxygen atoms in total. The minimum absolute atomic E-state index is 0.510. The van der Waals surface area contributed by atoms with E-state index in [1.165, 1.54) is 5.69 Å². The molecular formula is C15H21NO2. The van der Waals surface area contributed by atoms with Gasteiger partial charge in [0.1, 0.15) is 0 Å². The Morgan fingerprint density at radius 1 is 1.33 bits per heavy atom. The third-order valence-corrected chi connectivity index (χ3v) is 3.11.